The molecule has 1 aromatic carbocycles. The number of anilines is 1. The Kier molecular flexibility index (Phi) is 2.37. The van der Waals surface area contributed by atoms with E-state index in [1.807, 2.05) is 12.2 Å². The second-order valence-corrected chi connectivity index (χ2v) is 5.87. The molecule has 2 fully saturated rings. The number of fused-ring (bicyclic) bond motifs is 5. The number of hydrogen-bond acceptors (Lipinski definition) is 3. The molecule has 1 saturated carbocycles. The van der Waals surface area contributed by atoms with Gasteiger partial charge in [0, 0.05) is 0 Å². The molecule has 0 aromatic heterocycles. The van der Waals surface area contributed by atoms with E-state index in [4.69, 9.17) is 5.11 Å². The van der Waals surface area contributed by atoms with Gasteiger partial charge in [0.2, 0.25) is 11.8 Å². The number of hydrogen-bond donors (Lipinski definition) is 1. The fourth-order valence-electron chi connectivity index (χ4n) is 3.93. The van der Waals surface area contributed by atoms with E-state index < -0.39 is 5.97 Å². The third-order valence-corrected chi connectivity index (χ3v) is 4.82. The van der Waals surface area contributed by atoms with Gasteiger partial charge < -0.3 is 5.11 Å². The molecule has 4 rings (SSSR count). The van der Waals surface area contributed by atoms with Gasteiger partial charge in [-0.3, -0.25) is 9.59 Å². The second kappa shape index (κ2) is 4.04. The van der Waals surface area contributed by atoms with Crippen LogP contribution in [0.2, 0.25) is 0 Å². The van der Waals surface area contributed by atoms with E-state index in [2.05, 4.69) is 0 Å². The van der Waals surface area contributed by atoms with E-state index in [0.29, 0.717) is 5.69 Å². The maximum Gasteiger partial charge on any atom is 0.335 e. The minimum absolute atomic E-state index is 0.0752. The predicted octanol–water partition coefficient (Wildman–Crippen LogP) is 1.70. The zero-order valence-corrected chi connectivity index (χ0v) is 11.1. The SMILES string of the molecule is O=C(O)c1cccc(N2C(=O)[C@@H]3[C@H](C2=O)[C@H]2C=C[C@H]3C2)c1. The van der Waals surface area contributed by atoms with Gasteiger partial charge in [0.1, 0.15) is 0 Å². The lowest BCUT2D eigenvalue weighted by Gasteiger charge is -2.17. The van der Waals surface area contributed by atoms with E-state index in [9.17, 15) is 14.4 Å². The van der Waals surface area contributed by atoms with Crippen LogP contribution in [0.25, 0.3) is 0 Å². The lowest BCUT2D eigenvalue weighted by atomic mass is 9.85. The van der Waals surface area contributed by atoms with Crippen molar-refractivity contribution in [2.24, 2.45) is 23.7 Å². The van der Waals surface area contributed by atoms with Gasteiger partial charge in [0.15, 0.2) is 0 Å². The molecule has 1 aromatic rings. The molecule has 5 nitrogen and oxygen atoms in total. The minimum atomic E-state index is -1.07. The Balaban J connectivity index is 1.74. The molecule has 5 heteroatoms. The zero-order chi connectivity index (χ0) is 14.7. The summed E-state index contributed by atoms with van der Waals surface area (Å²) in [5, 5.41) is 9.04. The average molecular weight is 283 g/mol. The summed E-state index contributed by atoms with van der Waals surface area (Å²) in [6.45, 7) is 0. The highest BCUT2D eigenvalue weighted by Gasteiger charge is 2.59. The van der Waals surface area contributed by atoms with Crippen LogP contribution in [0, 0.1) is 23.7 Å². The van der Waals surface area contributed by atoms with Crippen molar-refractivity contribution in [2.45, 2.75) is 6.42 Å². The number of carboxylic acids is 1. The Hall–Kier alpha value is -2.43. The van der Waals surface area contributed by atoms with Gasteiger partial charge in [-0.25, -0.2) is 9.69 Å². The van der Waals surface area contributed by atoms with E-state index >= 15 is 0 Å². The zero-order valence-electron chi connectivity index (χ0n) is 11.1. The van der Waals surface area contributed by atoms with Crippen LogP contribution in [-0.2, 0) is 9.59 Å². The Labute approximate surface area is 120 Å². The second-order valence-electron chi connectivity index (χ2n) is 5.87. The molecule has 0 spiro atoms. The number of imide groups is 1. The molecule has 1 N–H and O–H groups in total. The van der Waals surface area contributed by atoms with Crippen molar-refractivity contribution in [1.29, 1.82) is 0 Å². The maximum absolute atomic E-state index is 12.6. The standard InChI is InChI=1S/C16H13NO4/c18-14-12-8-4-5-9(6-8)13(12)15(19)17(14)11-3-1-2-10(7-11)16(20)21/h1-5,7-9,12-13H,6H2,(H,20,21)/t8-,9-,12-,13+/m0/s1. The van der Waals surface area contributed by atoms with Gasteiger partial charge >= 0.3 is 5.97 Å². The first kappa shape index (κ1) is 12.3. The first-order chi connectivity index (χ1) is 10.1. The molecule has 1 aliphatic heterocycles. The summed E-state index contributed by atoms with van der Waals surface area (Å²) in [5.74, 6) is -1.66. The molecule has 1 saturated heterocycles. The molecule has 3 aliphatic rings. The Morgan fingerprint density at radius 3 is 2.29 bits per heavy atom. The molecular weight excluding hydrogens is 270 g/mol. The summed E-state index contributed by atoms with van der Waals surface area (Å²) >= 11 is 0. The van der Waals surface area contributed by atoms with Gasteiger partial charge in [0.05, 0.1) is 23.1 Å². The van der Waals surface area contributed by atoms with E-state index in [-0.39, 0.29) is 41.0 Å². The number of allylic oxidation sites excluding steroid dienone is 2. The van der Waals surface area contributed by atoms with Gasteiger partial charge in [-0.2, -0.15) is 0 Å². The number of benzene rings is 1. The maximum atomic E-state index is 12.6. The number of carbonyl (C=O) groups excluding carboxylic acids is 2. The van der Waals surface area contributed by atoms with E-state index in [1.165, 1.54) is 17.0 Å². The third kappa shape index (κ3) is 1.54. The fraction of sp³-hybridized carbons (Fsp3) is 0.312. The largest absolute Gasteiger partial charge is 0.478 e. The van der Waals surface area contributed by atoms with Gasteiger partial charge in [-0.05, 0) is 36.5 Å². The highest BCUT2D eigenvalue weighted by Crippen LogP contribution is 2.53. The van der Waals surface area contributed by atoms with E-state index in [0.717, 1.165) is 6.42 Å². The molecule has 4 atom stereocenters. The average Bonchev–Trinajstić information content (AvgIpc) is 3.13. The van der Waals surface area contributed by atoms with Gasteiger partial charge in [0.25, 0.3) is 0 Å². The Morgan fingerprint density at radius 1 is 1.10 bits per heavy atom. The van der Waals surface area contributed by atoms with Crippen LogP contribution < -0.4 is 4.90 Å². The summed E-state index contributed by atoms with van der Waals surface area (Å²) in [5.41, 5.74) is 0.435. The van der Waals surface area contributed by atoms with Crippen LogP contribution in [0.4, 0.5) is 5.69 Å². The van der Waals surface area contributed by atoms with Gasteiger partial charge in [-0.1, -0.05) is 18.2 Å². The van der Waals surface area contributed by atoms with Crippen LogP contribution in [0.5, 0.6) is 0 Å². The van der Waals surface area contributed by atoms with Gasteiger partial charge in [-0.15, -0.1) is 0 Å². The van der Waals surface area contributed by atoms with Crippen LogP contribution >= 0.6 is 0 Å². The van der Waals surface area contributed by atoms with Crippen LogP contribution in [0.15, 0.2) is 36.4 Å². The monoisotopic (exact) mass is 283 g/mol. The quantitative estimate of drug-likeness (QED) is 0.662. The van der Waals surface area contributed by atoms with Crippen molar-refractivity contribution in [2.75, 3.05) is 4.90 Å². The highest BCUT2D eigenvalue weighted by atomic mass is 16.4. The molecule has 2 amide bonds. The third-order valence-electron chi connectivity index (χ3n) is 4.82. The molecule has 2 aliphatic carbocycles. The number of rotatable bonds is 2. The van der Waals surface area contributed by atoms with Crippen molar-refractivity contribution in [1.82, 2.24) is 0 Å². The van der Waals surface area contributed by atoms with Crippen molar-refractivity contribution in [3.63, 3.8) is 0 Å². The smallest absolute Gasteiger partial charge is 0.335 e. The summed E-state index contributed by atoms with van der Waals surface area (Å²) < 4.78 is 0. The van der Waals surface area contributed by atoms with E-state index in [1.54, 1.807) is 12.1 Å². The highest BCUT2D eigenvalue weighted by molar-refractivity contribution is 6.23. The molecule has 106 valence electrons. The van der Waals surface area contributed by atoms with Crippen molar-refractivity contribution in [3.05, 3.63) is 42.0 Å². The van der Waals surface area contributed by atoms with Crippen LogP contribution in [-0.4, -0.2) is 22.9 Å². The molecular formula is C16H13NO4. The normalized spacial score (nSPS) is 32.9. The minimum Gasteiger partial charge on any atom is -0.478 e. The van der Waals surface area contributed by atoms with Crippen LogP contribution in [0.3, 0.4) is 0 Å². The number of aromatic carboxylic acids is 1. The van der Waals surface area contributed by atoms with Crippen molar-refractivity contribution >= 4 is 23.5 Å². The molecule has 21 heavy (non-hydrogen) atoms. The van der Waals surface area contributed by atoms with Crippen molar-refractivity contribution < 1.29 is 19.5 Å². The van der Waals surface area contributed by atoms with Crippen molar-refractivity contribution in [3.8, 4) is 0 Å². The Morgan fingerprint density at radius 2 is 1.71 bits per heavy atom. The van der Waals surface area contributed by atoms with Crippen LogP contribution in [0.1, 0.15) is 16.8 Å². The summed E-state index contributed by atoms with van der Waals surface area (Å²) in [7, 11) is 0. The Bertz CT molecular complexity index is 678. The number of carboxylic acid groups (broad SMARTS) is 1. The summed E-state index contributed by atoms with van der Waals surface area (Å²) in [4.78, 5) is 37.4. The topological polar surface area (TPSA) is 74.7 Å². The molecule has 0 unspecified atom stereocenters. The molecule has 2 bridgehead atoms. The molecule has 0 radical (unpaired) electrons. The number of nitrogens with zero attached hydrogens (tertiary/aromatic N) is 1. The lowest BCUT2D eigenvalue weighted by molar-refractivity contribution is -0.123. The molecule has 1 heterocycles. The fourth-order valence-corrected chi connectivity index (χ4v) is 3.93. The predicted molar refractivity (Wildman–Crippen MR) is 73.6 cm³/mol. The summed E-state index contributed by atoms with van der Waals surface area (Å²) in [6.07, 6.45) is 4.96. The number of carbonyl (C=O) groups is 3. The summed E-state index contributed by atoms with van der Waals surface area (Å²) in [6, 6.07) is 6.00. The first-order valence-electron chi connectivity index (χ1n) is 6.97. The number of amides is 2. The lowest BCUT2D eigenvalue weighted by Crippen LogP contribution is -2.32. The first-order valence-corrected chi connectivity index (χ1v) is 6.97.